The summed E-state index contributed by atoms with van der Waals surface area (Å²) in [5.74, 6) is -0.381. The predicted octanol–water partition coefficient (Wildman–Crippen LogP) is 5.60. The molecule has 0 amide bonds. The number of ether oxygens (including phenoxy) is 1. The van der Waals surface area contributed by atoms with Crippen molar-refractivity contribution in [2.75, 3.05) is 0 Å². The molecule has 0 saturated heterocycles. The Morgan fingerprint density at radius 1 is 1.34 bits per heavy atom. The Labute approximate surface area is 170 Å². The van der Waals surface area contributed by atoms with E-state index in [4.69, 9.17) is 0 Å². The number of allylic oxidation sites excluding steroid dienone is 6. The van der Waals surface area contributed by atoms with Crippen LogP contribution in [0, 0.1) is 11.8 Å². The lowest BCUT2D eigenvalue weighted by atomic mass is 9.73. The molecule has 0 saturated carbocycles. The first-order chi connectivity index (χ1) is 13.6. The van der Waals surface area contributed by atoms with E-state index >= 15 is 0 Å². The summed E-state index contributed by atoms with van der Waals surface area (Å²) in [6.45, 7) is 10.7. The number of aromatic nitrogens is 1. The van der Waals surface area contributed by atoms with Gasteiger partial charge in [0.2, 0.25) is 5.88 Å². The maximum atomic E-state index is 12.3. The first-order valence-electron chi connectivity index (χ1n) is 9.33. The molecular formula is C23H27F2NO3. The molecular weight excluding hydrogens is 376 g/mol. The third-order valence-corrected chi connectivity index (χ3v) is 5.13. The van der Waals surface area contributed by atoms with E-state index in [0.717, 1.165) is 11.1 Å². The lowest BCUT2D eigenvalue weighted by Gasteiger charge is -2.34. The van der Waals surface area contributed by atoms with Crippen LogP contribution in [-0.2, 0) is 0 Å². The van der Waals surface area contributed by atoms with Gasteiger partial charge in [0.25, 0.3) is 0 Å². The number of alkyl halides is 2. The Morgan fingerprint density at radius 2 is 2.03 bits per heavy atom. The van der Waals surface area contributed by atoms with Gasteiger partial charge >= 0.3 is 6.61 Å². The topological polar surface area (TPSA) is 62.6 Å². The van der Waals surface area contributed by atoms with E-state index in [1.54, 1.807) is 25.1 Å². The highest BCUT2D eigenvalue weighted by Gasteiger charge is 2.31. The quantitative estimate of drug-likeness (QED) is 0.353. The molecule has 0 aromatic carbocycles. The standard InChI is InChI=1S/C23H27F2NO3/c1-6-16(17-7-8-22(26-12-17)29-23(24)25)10-21(28)15(5)19-9-14(4)20(27)11-18(19)13(2)3/h6-10,12,18-20,23,27-28H,2,5,11H2,1,3-4H3/b16-6+,21-10+/t18-,19-,20-/m0/s1. The third kappa shape index (κ3) is 5.64. The fourth-order valence-electron chi connectivity index (χ4n) is 3.39. The van der Waals surface area contributed by atoms with Crippen LogP contribution < -0.4 is 4.74 Å². The van der Waals surface area contributed by atoms with Crippen LogP contribution in [0.25, 0.3) is 5.57 Å². The molecule has 0 radical (unpaired) electrons. The third-order valence-electron chi connectivity index (χ3n) is 5.13. The number of rotatable bonds is 7. The molecule has 1 aromatic heterocycles. The van der Waals surface area contributed by atoms with Crippen molar-refractivity contribution >= 4 is 5.57 Å². The van der Waals surface area contributed by atoms with Crippen molar-refractivity contribution in [2.45, 2.75) is 39.9 Å². The van der Waals surface area contributed by atoms with Gasteiger partial charge in [-0.25, -0.2) is 4.98 Å². The highest BCUT2D eigenvalue weighted by molar-refractivity contribution is 5.74. The molecule has 1 aliphatic rings. The Kier molecular flexibility index (Phi) is 7.51. The molecule has 6 heteroatoms. The van der Waals surface area contributed by atoms with Crippen molar-refractivity contribution in [3.63, 3.8) is 0 Å². The maximum absolute atomic E-state index is 12.3. The molecule has 2 rings (SSSR count). The molecule has 29 heavy (non-hydrogen) atoms. The van der Waals surface area contributed by atoms with Crippen molar-refractivity contribution < 1.29 is 23.7 Å². The fourth-order valence-corrected chi connectivity index (χ4v) is 3.39. The minimum atomic E-state index is -2.94. The van der Waals surface area contributed by atoms with Gasteiger partial charge in [0, 0.05) is 23.7 Å². The SMILES string of the molecule is C=C(/C(O)=C\C(=C/C)c1ccc(OC(F)F)nc1)[C@@H]1C=C(C)[C@@H](O)C[C@H]1C(=C)C. The number of halogens is 2. The average Bonchev–Trinajstić information content (AvgIpc) is 2.67. The number of aliphatic hydroxyl groups excluding tert-OH is 2. The minimum Gasteiger partial charge on any atom is -0.508 e. The largest absolute Gasteiger partial charge is 0.508 e. The average molecular weight is 403 g/mol. The monoisotopic (exact) mass is 403 g/mol. The normalized spacial score (nSPS) is 23.0. The number of hydrogen-bond donors (Lipinski definition) is 2. The summed E-state index contributed by atoms with van der Waals surface area (Å²) in [5, 5.41) is 20.9. The summed E-state index contributed by atoms with van der Waals surface area (Å²) in [6, 6.07) is 2.93. The molecule has 0 spiro atoms. The van der Waals surface area contributed by atoms with Gasteiger partial charge in [0.1, 0.15) is 5.76 Å². The molecule has 1 aromatic rings. The lowest BCUT2D eigenvalue weighted by molar-refractivity contribution is -0.0528. The molecule has 4 nitrogen and oxygen atoms in total. The second kappa shape index (κ2) is 9.65. The minimum absolute atomic E-state index is 0.00250. The summed E-state index contributed by atoms with van der Waals surface area (Å²) >= 11 is 0. The Hall–Kier alpha value is -2.73. The van der Waals surface area contributed by atoms with E-state index < -0.39 is 12.7 Å². The smallest absolute Gasteiger partial charge is 0.388 e. The van der Waals surface area contributed by atoms with Gasteiger partial charge in [-0.15, -0.1) is 0 Å². The van der Waals surface area contributed by atoms with Gasteiger partial charge in [-0.05, 0) is 62.0 Å². The van der Waals surface area contributed by atoms with E-state index in [9.17, 15) is 19.0 Å². The van der Waals surface area contributed by atoms with Crippen LogP contribution in [0.3, 0.4) is 0 Å². The highest BCUT2D eigenvalue weighted by atomic mass is 19.3. The van der Waals surface area contributed by atoms with Crippen LogP contribution in [0.4, 0.5) is 8.78 Å². The van der Waals surface area contributed by atoms with Gasteiger partial charge in [-0.2, -0.15) is 8.78 Å². The summed E-state index contributed by atoms with van der Waals surface area (Å²) in [5.41, 5.74) is 3.57. The second-order valence-corrected chi connectivity index (χ2v) is 7.20. The number of nitrogens with zero attached hydrogens (tertiary/aromatic N) is 1. The summed E-state index contributed by atoms with van der Waals surface area (Å²) < 4.78 is 28.8. The molecule has 3 atom stereocenters. The van der Waals surface area contributed by atoms with Crippen LogP contribution in [-0.4, -0.2) is 27.9 Å². The Bertz CT molecular complexity index is 853. The van der Waals surface area contributed by atoms with Crippen LogP contribution >= 0.6 is 0 Å². The zero-order valence-electron chi connectivity index (χ0n) is 16.9. The number of pyridine rings is 1. The summed E-state index contributed by atoms with van der Waals surface area (Å²) in [7, 11) is 0. The summed E-state index contributed by atoms with van der Waals surface area (Å²) in [6.07, 6.45) is 6.66. The lowest BCUT2D eigenvalue weighted by Crippen LogP contribution is -2.28. The number of aliphatic hydroxyl groups is 2. The molecule has 1 heterocycles. The predicted molar refractivity (Wildman–Crippen MR) is 111 cm³/mol. The molecule has 0 aliphatic heterocycles. The van der Waals surface area contributed by atoms with Crippen molar-refractivity contribution in [1.82, 2.24) is 4.98 Å². The zero-order valence-corrected chi connectivity index (χ0v) is 16.9. The molecule has 1 aliphatic carbocycles. The van der Waals surface area contributed by atoms with Gasteiger partial charge in [-0.1, -0.05) is 30.9 Å². The first kappa shape index (κ1) is 22.6. The van der Waals surface area contributed by atoms with Gasteiger partial charge in [0.15, 0.2) is 0 Å². The Morgan fingerprint density at radius 3 is 2.55 bits per heavy atom. The van der Waals surface area contributed by atoms with Crippen LogP contribution in [0.5, 0.6) is 5.88 Å². The van der Waals surface area contributed by atoms with E-state index in [1.807, 2.05) is 19.9 Å². The van der Waals surface area contributed by atoms with Crippen molar-refractivity contribution in [2.24, 2.45) is 11.8 Å². The second-order valence-electron chi connectivity index (χ2n) is 7.20. The highest BCUT2D eigenvalue weighted by Crippen LogP contribution is 2.39. The van der Waals surface area contributed by atoms with Gasteiger partial charge in [-0.3, -0.25) is 0 Å². The van der Waals surface area contributed by atoms with Crippen molar-refractivity contribution in [3.05, 3.63) is 77.8 Å². The Balaban J connectivity index is 2.27. The molecule has 156 valence electrons. The van der Waals surface area contributed by atoms with Crippen LogP contribution in [0.1, 0.15) is 32.8 Å². The van der Waals surface area contributed by atoms with Gasteiger partial charge < -0.3 is 14.9 Å². The van der Waals surface area contributed by atoms with Crippen LogP contribution in [0.2, 0.25) is 0 Å². The molecule has 0 bridgehead atoms. The van der Waals surface area contributed by atoms with E-state index in [1.165, 1.54) is 12.3 Å². The summed E-state index contributed by atoms with van der Waals surface area (Å²) in [4.78, 5) is 3.86. The maximum Gasteiger partial charge on any atom is 0.388 e. The molecule has 2 N–H and O–H groups in total. The van der Waals surface area contributed by atoms with Gasteiger partial charge in [0.05, 0.1) is 6.10 Å². The van der Waals surface area contributed by atoms with E-state index in [-0.39, 0.29) is 23.5 Å². The fraction of sp³-hybridized carbons (Fsp3) is 0.348. The van der Waals surface area contributed by atoms with E-state index in [2.05, 4.69) is 22.9 Å². The molecule has 0 unspecified atom stereocenters. The zero-order chi connectivity index (χ0) is 21.7. The van der Waals surface area contributed by atoms with Crippen molar-refractivity contribution in [1.29, 1.82) is 0 Å². The number of hydrogen-bond acceptors (Lipinski definition) is 4. The first-order valence-corrected chi connectivity index (χ1v) is 9.33. The van der Waals surface area contributed by atoms with Crippen LogP contribution in [0.15, 0.2) is 72.2 Å². The molecule has 0 fully saturated rings. The van der Waals surface area contributed by atoms with Crippen molar-refractivity contribution in [3.8, 4) is 5.88 Å². The van der Waals surface area contributed by atoms with E-state index in [0.29, 0.717) is 23.1 Å².